The number of likely N-dealkylation sites (N-methyl/N-ethyl adjacent to an activating group) is 1. The summed E-state index contributed by atoms with van der Waals surface area (Å²) in [6.45, 7) is 2.62. The van der Waals surface area contributed by atoms with Gasteiger partial charge in [0.15, 0.2) is 0 Å². The zero-order chi connectivity index (χ0) is 21.1. The lowest BCUT2D eigenvalue weighted by Gasteiger charge is -2.18. The number of fused-ring (bicyclic) bond motifs is 1. The standard InChI is InChI=1S/C26H26N2O2/c1-17-15-19-7-3-5-9-22(19)24(17)18-11-13-21(14-12-18)30-16-20-8-4-6-10-23(20)25(27)26(29)28-2/h3-14,17,24,27H,15-16H2,1-2H3,(H,28,29). The van der Waals surface area contributed by atoms with Crippen LogP contribution in [0.25, 0.3) is 0 Å². The fourth-order valence-corrected chi connectivity index (χ4v) is 4.37. The molecule has 30 heavy (non-hydrogen) atoms. The molecule has 1 aliphatic rings. The number of amides is 1. The number of carbonyl (C=O) groups is 1. The van der Waals surface area contributed by atoms with Gasteiger partial charge in [-0.25, -0.2) is 0 Å². The van der Waals surface area contributed by atoms with Crippen molar-refractivity contribution in [1.82, 2.24) is 5.32 Å². The summed E-state index contributed by atoms with van der Waals surface area (Å²) in [6.07, 6.45) is 1.12. The molecule has 0 aliphatic heterocycles. The normalized spacial score (nSPS) is 17.3. The van der Waals surface area contributed by atoms with E-state index in [-0.39, 0.29) is 5.71 Å². The summed E-state index contributed by atoms with van der Waals surface area (Å²) in [4.78, 5) is 11.8. The van der Waals surface area contributed by atoms with E-state index in [2.05, 4.69) is 48.6 Å². The maximum atomic E-state index is 11.8. The van der Waals surface area contributed by atoms with Gasteiger partial charge in [-0.1, -0.05) is 67.6 Å². The van der Waals surface area contributed by atoms with Gasteiger partial charge in [-0.2, -0.15) is 0 Å². The van der Waals surface area contributed by atoms with Gasteiger partial charge in [0.05, 0.1) is 0 Å². The van der Waals surface area contributed by atoms with E-state index >= 15 is 0 Å². The first-order valence-electron chi connectivity index (χ1n) is 10.3. The highest BCUT2D eigenvalue weighted by Gasteiger charge is 2.30. The molecular formula is C26H26N2O2. The number of benzene rings is 3. The van der Waals surface area contributed by atoms with Crippen LogP contribution < -0.4 is 10.1 Å². The molecule has 4 rings (SSSR count). The minimum Gasteiger partial charge on any atom is -0.489 e. The molecule has 1 amide bonds. The topological polar surface area (TPSA) is 62.2 Å². The lowest BCUT2D eigenvalue weighted by molar-refractivity contribution is -0.114. The second kappa shape index (κ2) is 8.54. The van der Waals surface area contributed by atoms with Gasteiger partial charge in [0.1, 0.15) is 18.1 Å². The van der Waals surface area contributed by atoms with Crippen LogP contribution in [0.15, 0.2) is 72.8 Å². The quantitative estimate of drug-likeness (QED) is 0.591. The van der Waals surface area contributed by atoms with Gasteiger partial charge >= 0.3 is 0 Å². The largest absolute Gasteiger partial charge is 0.489 e. The Kier molecular flexibility index (Phi) is 5.66. The molecule has 1 aliphatic carbocycles. The maximum absolute atomic E-state index is 11.8. The predicted octanol–water partition coefficient (Wildman–Crippen LogP) is 4.70. The smallest absolute Gasteiger partial charge is 0.269 e. The van der Waals surface area contributed by atoms with E-state index in [1.54, 1.807) is 6.07 Å². The molecule has 0 fully saturated rings. The van der Waals surface area contributed by atoms with Crippen molar-refractivity contribution in [3.63, 3.8) is 0 Å². The Morgan fingerprint density at radius 2 is 1.73 bits per heavy atom. The van der Waals surface area contributed by atoms with Crippen LogP contribution in [0, 0.1) is 11.3 Å². The van der Waals surface area contributed by atoms with Gasteiger partial charge in [-0.15, -0.1) is 0 Å². The van der Waals surface area contributed by atoms with Crippen LogP contribution in [-0.4, -0.2) is 18.7 Å². The van der Waals surface area contributed by atoms with Crippen LogP contribution in [0.5, 0.6) is 5.75 Å². The first kappa shape index (κ1) is 19.9. The van der Waals surface area contributed by atoms with Gasteiger partial charge in [0, 0.05) is 18.5 Å². The third kappa shape index (κ3) is 3.86. The molecule has 2 N–H and O–H groups in total. The van der Waals surface area contributed by atoms with Crippen LogP contribution in [0.3, 0.4) is 0 Å². The highest BCUT2D eigenvalue weighted by atomic mass is 16.5. The van der Waals surface area contributed by atoms with Crippen molar-refractivity contribution in [3.05, 3.63) is 101 Å². The van der Waals surface area contributed by atoms with Crippen LogP contribution in [0.1, 0.15) is 40.7 Å². The van der Waals surface area contributed by atoms with E-state index in [0.717, 1.165) is 17.7 Å². The fraction of sp³-hybridized carbons (Fsp3) is 0.231. The molecule has 0 saturated carbocycles. The molecule has 0 aromatic heterocycles. The summed E-state index contributed by atoms with van der Waals surface area (Å²) in [7, 11) is 1.53. The number of rotatable bonds is 6. The molecule has 152 valence electrons. The Bertz CT molecular complexity index is 1070. The summed E-state index contributed by atoms with van der Waals surface area (Å²) in [6, 6.07) is 24.4. The monoisotopic (exact) mass is 398 g/mol. The van der Waals surface area contributed by atoms with Gasteiger partial charge in [-0.05, 0) is 46.7 Å². The van der Waals surface area contributed by atoms with Gasteiger partial charge in [0.25, 0.3) is 5.91 Å². The maximum Gasteiger partial charge on any atom is 0.269 e. The van der Waals surface area contributed by atoms with Crippen LogP contribution in [0.2, 0.25) is 0 Å². The first-order valence-corrected chi connectivity index (χ1v) is 10.3. The van der Waals surface area contributed by atoms with E-state index in [1.807, 2.05) is 30.3 Å². The summed E-state index contributed by atoms with van der Waals surface area (Å²) in [5.74, 6) is 1.37. The van der Waals surface area contributed by atoms with Gasteiger partial charge < -0.3 is 10.1 Å². The number of hydrogen-bond acceptors (Lipinski definition) is 3. The number of nitrogens with one attached hydrogen (secondary N) is 2. The summed E-state index contributed by atoms with van der Waals surface area (Å²) >= 11 is 0. The predicted molar refractivity (Wildman–Crippen MR) is 119 cm³/mol. The zero-order valence-corrected chi connectivity index (χ0v) is 17.3. The highest BCUT2D eigenvalue weighted by Crippen LogP contribution is 2.42. The number of ether oxygens (including phenoxy) is 1. The van der Waals surface area contributed by atoms with Crippen molar-refractivity contribution in [2.75, 3.05) is 7.05 Å². The van der Waals surface area contributed by atoms with Crippen molar-refractivity contribution in [1.29, 1.82) is 5.41 Å². The third-order valence-electron chi connectivity index (χ3n) is 5.88. The van der Waals surface area contributed by atoms with E-state index in [9.17, 15) is 4.79 Å². The lowest BCUT2D eigenvalue weighted by atomic mass is 9.87. The molecule has 0 bridgehead atoms. The van der Waals surface area contributed by atoms with Crippen molar-refractivity contribution < 1.29 is 9.53 Å². The SMILES string of the molecule is CNC(=O)C(=N)c1ccccc1COc1ccc(C2c3ccccc3CC2C)cc1. The molecule has 4 nitrogen and oxygen atoms in total. The Labute approximate surface area is 177 Å². The van der Waals surface area contributed by atoms with Gasteiger partial charge in [0.2, 0.25) is 0 Å². The summed E-state index contributed by atoms with van der Waals surface area (Å²) in [5, 5.41) is 10.6. The Morgan fingerprint density at radius 3 is 2.50 bits per heavy atom. The molecule has 0 saturated heterocycles. The summed E-state index contributed by atoms with van der Waals surface area (Å²) in [5.41, 5.74) is 5.53. The average molecular weight is 399 g/mol. The molecule has 0 spiro atoms. The van der Waals surface area contributed by atoms with Crippen LogP contribution in [0.4, 0.5) is 0 Å². The molecule has 3 aromatic carbocycles. The molecular weight excluding hydrogens is 372 g/mol. The van der Waals surface area contributed by atoms with Crippen LogP contribution >= 0.6 is 0 Å². The minimum absolute atomic E-state index is 0.0547. The number of hydrogen-bond donors (Lipinski definition) is 2. The first-order chi connectivity index (χ1) is 14.6. The van der Waals surface area contributed by atoms with E-state index in [4.69, 9.17) is 10.1 Å². The lowest BCUT2D eigenvalue weighted by Crippen LogP contribution is -2.28. The molecule has 0 radical (unpaired) electrons. The molecule has 2 atom stereocenters. The minimum atomic E-state index is -0.405. The van der Waals surface area contributed by atoms with Crippen molar-refractivity contribution in [2.24, 2.45) is 5.92 Å². The fourth-order valence-electron chi connectivity index (χ4n) is 4.37. The molecule has 3 aromatic rings. The zero-order valence-electron chi connectivity index (χ0n) is 17.3. The Balaban J connectivity index is 1.48. The second-order valence-corrected chi connectivity index (χ2v) is 7.83. The summed E-state index contributed by atoms with van der Waals surface area (Å²) < 4.78 is 5.98. The molecule has 2 unspecified atom stereocenters. The van der Waals surface area contributed by atoms with Crippen molar-refractivity contribution >= 4 is 11.6 Å². The van der Waals surface area contributed by atoms with E-state index in [1.165, 1.54) is 23.7 Å². The van der Waals surface area contributed by atoms with Crippen molar-refractivity contribution in [3.8, 4) is 5.75 Å². The van der Waals surface area contributed by atoms with E-state index < -0.39 is 5.91 Å². The second-order valence-electron chi connectivity index (χ2n) is 7.83. The molecule has 4 heteroatoms. The number of carbonyl (C=O) groups excluding carboxylic acids is 1. The molecule has 0 heterocycles. The van der Waals surface area contributed by atoms with E-state index in [0.29, 0.717) is 24.0 Å². The Hall–Kier alpha value is -3.40. The highest BCUT2D eigenvalue weighted by molar-refractivity contribution is 6.44. The third-order valence-corrected chi connectivity index (χ3v) is 5.88. The van der Waals surface area contributed by atoms with Crippen molar-refractivity contribution in [2.45, 2.75) is 25.9 Å². The van der Waals surface area contributed by atoms with Gasteiger partial charge in [-0.3, -0.25) is 10.2 Å². The van der Waals surface area contributed by atoms with Crippen LogP contribution in [-0.2, 0) is 17.8 Å². The Morgan fingerprint density at radius 1 is 1.03 bits per heavy atom. The average Bonchev–Trinajstić information content (AvgIpc) is 3.13.